The average molecular weight is 286 g/mol. The monoisotopic (exact) mass is 286 g/mol. The third kappa shape index (κ3) is 4.46. The smallest absolute Gasteiger partial charge is 0.0225 e. The summed E-state index contributed by atoms with van der Waals surface area (Å²) >= 11 is 0. The highest BCUT2D eigenvalue weighted by Gasteiger charge is 1.98. The van der Waals surface area contributed by atoms with E-state index in [-0.39, 0.29) is 0 Å². The van der Waals surface area contributed by atoms with E-state index in [1.807, 2.05) is 30.4 Å². The molecule has 2 aromatic rings. The molecule has 0 saturated carbocycles. The van der Waals surface area contributed by atoms with Gasteiger partial charge in [0.2, 0.25) is 0 Å². The van der Waals surface area contributed by atoms with Crippen molar-refractivity contribution in [2.75, 3.05) is 0 Å². The zero-order valence-corrected chi connectivity index (χ0v) is 13.3. The summed E-state index contributed by atoms with van der Waals surface area (Å²) in [5, 5.41) is 0. The molecule has 0 N–H and O–H groups in total. The Kier molecular flexibility index (Phi) is 5.73. The predicted octanol–water partition coefficient (Wildman–Crippen LogP) is 6.22. The lowest BCUT2D eigenvalue weighted by atomic mass is 10.0. The van der Waals surface area contributed by atoms with Crippen molar-refractivity contribution in [1.82, 2.24) is 0 Å². The topological polar surface area (TPSA) is 0 Å². The number of hydrogen-bond donors (Lipinski definition) is 0. The van der Waals surface area contributed by atoms with Crippen LogP contribution in [0.3, 0.4) is 0 Å². The molecule has 0 aromatic heterocycles. The van der Waals surface area contributed by atoms with E-state index in [9.17, 15) is 0 Å². The molecule has 0 saturated heterocycles. The largest absolute Gasteiger partial charge is 0.0990 e. The van der Waals surface area contributed by atoms with Gasteiger partial charge in [0, 0.05) is 0 Å². The fraction of sp³-hybridized carbons (Fsp3) is 0.0909. The minimum absolute atomic E-state index is 1.17. The van der Waals surface area contributed by atoms with Crippen LogP contribution in [0.4, 0.5) is 0 Å². The molecule has 2 aromatic carbocycles. The van der Waals surface area contributed by atoms with Crippen LogP contribution >= 0.6 is 0 Å². The van der Waals surface area contributed by atoms with Gasteiger partial charge >= 0.3 is 0 Å². The summed E-state index contributed by atoms with van der Waals surface area (Å²) in [5.74, 6) is 0. The van der Waals surface area contributed by atoms with E-state index in [0.717, 1.165) is 0 Å². The Labute approximate surface area is 133 Å². The second-order valence-electron chi connectivity index (χ2n) is 5.29. The summed E-state index contributed by atoms with van der Waals surface area (Å²) in [4.78, 5) is 0. The van der Waals surface area contributed by atoms with E-state index in [2.05, 4.69) is 75.1 Å². The van der Waals surface area contributed by atoms with Gasteiger partial charge in [-0.05, 0) is 41.7 Å². The first-order chi connectivity index (χ1) is 10.7. The number of allylic oxidation sites excluding steroid dienone is 5. The first kappa shape index (κ1) is 15.8. The second-order valence-corrected chi connectivity index (χ2v) is 5.29. The fourth-order valence-electron chi connectivity index (χ4n) is 2.26. The van der Waals surface area contributed by atoms with Gasteiger partial charge in [0.05, 0.1) is 0 Å². The molecule has 0 nitrogen and oxygen atoms in total. The molecule has 22 heavy (non-hydrogen) atoms. The van der Waals surface area contributed by atoms with Crippen LogP contribution in [0.5, 0.6) is 0 Å². The molecule has 0 amide bonds. The molecule has 0 heteroatoms. The molecular formula is C22H22. The predicted molar refractivity (Wildman–Crippen MR) is 98.6 cm³/mol. The third-order valence-electron chi connectivity index (χ3n) is 3.57. The zero-order valence-electron chi connectivity index (χ0n) is 13.3. The van der Waals surface area contributed by atoms with Crippen molar-refractivity contribution in [2.45, 2.75) is 13.8 Å². The van der Waals surface area contributed by atoms with Crippen LogP contribution in [0.15, 0.2) is 90.6 Å². The lowest BCUT2D eigenvalue weighted by Crippen LogP contribution is -1.85. The Bertz CT molecular complexity index is 713. The van der Waals surface area contributed by atoms with E-state index in [4.69, 9.17) is 0 Å². The molecule has 0 fully saturated rings. The Balaban J connectivity index is 2.28. The maximum absolute atomic E-state index is 3.82. The van der Waals surface area contributed by atoms with Crippen molar-refractivity contribution < 1.29 is 0 Å². The summed E-state index contributed by atoms with van der Waals surface area (Å²) in [5.41, 5.74) is 6.12. The summed E-state index contributed by atoms with van der Waals surface area (Å²) in [6.45, 7) is 8.10. The number of rotatable bonds is 5. The molecule has 2 rings (SSSR count). The third-order valence-corrected chi connectivity index (χ3v) is 3.57. The van der Waals surface area contributed by atoms with Gasteiger partial charge in [0.15, 0.2) is 0 Å². The molecule has 0 aliphatic carbocycles. The van der Waals surface area contributed by atoms with Crippen molar-refractivity contribution in [3.05, 3.63) is 107 Å². The lowest BCUT2D eigenvalue weighted by molar-refractivity contribution is 1.41. The van der Waals surface area contributed by atoms with E-state index in [1.165, 1.54) is 27.8 Å². The second kappa shape index (κ2) is 7.99. The SMILES string of the molecule is C=C/C=C(\C=C/c1ccccc1)C(/C)=C/c1ccccc1C. The molecule has 110 valence electrons. The first-order valence-corrected chi connectivity index (χ1v) is 7.51. The normalized spacial score (nSPS) is 12.6. The summed E-state index contributed by atoms with van der Waals surface area (Å²) in [7, 11) is 0. The Morgan fingerprint density at radius 2 is 1.64 bits per heavy atom. The van der Waals surface area contributed by atoms with Gasteiger partial charge in [-0.2, -0.15) is 0 Å². The highest BCUT2D eigenvalue weighted by atomic mass is 14.0. The van der Waals surface area contributed by atoms with Gasteiger partial charge in [-0.15, -0.1) is 0 Å². The lowest BCUT2D eigenvalue weighted by Gasteiger charge is -2.05. The van der Waals surface area contributed by atoms with Crippen LogP contribution in [-0.2, 0) is 0 Å². The van der Waals surface area contributed by atoms with Crippen LogP contribution in [0.2, 0.25) is 0 Å². The Morgan fingerprint density at radius 1 is 0.955 bits per heavy atom. The van der Waals surface area contributed by atoms with Gasteiger partial charge in [-0.3, -0.25) is 0 Å². The zero-order chi connectivity index (χ0) is 15.8. The average Bonchev–Trinajstić information content (AvgIpc) is 2.54. The van der Waals surface area contributed by atoms with Gasteiger partial charge in [-0.1, -0.05) is 91.6 Å². The van der Waals surface area contributed by atoms with Gasteiger partial charge < -0.3 is 0 Å². The van der Waals surface area contributed by atoms with E-state index < -0.39 is 0 Å². The van der Waals surface area contributed by atoms with Crippen LogP contribution in [0.25, 0.3) is 12.2 Å². The van der Waals surface area contributed by atoms with E-state index in [0.29, 0.717) is 0 Å². The molecule has 0 spiro atoms. The number of aryl methyl sites for hydroxylation is 1. The van der Waals surface area contributed by atoms with Crippen LogP contribution in [0.1, 0.15) is 23.6 Å². The minimum atomic E-state index is 1.17. The quantitative estimate of drug-likeness (QED) is 0.572. The molecule has 0 aliphatic rings. The van der Waals surface area contributed by atoms with Crippen molar-refractivity contribution in [1.29, 1.82) is 0 Å². The molecule has 0 unspecified atom stereocenters. The number of benzene rings is 2. The van der Waals surface area contributed by atoms with Crippen LogP contribution in [0, 0.1) is 6.92 Å². The van der Waals surface area contributed by atoms with Gasteiger partial charge in [0.25, 0.3) is 0 Å². The van der Waals surface area contributed by atoms with Crippen molar-refractivity contribution in [3.63, 3.8) is 0 Å². The van der Waals surface area contributed by atoms with E-state index >= 15 is 0 Å². The van der Waals surface area contributed by atoms with Crippen molar-refractivity contribution in [3.8, 4) is 0 Å². The molecule has 0 radical (unpaired) electrons. The molecule has 0 bridgehead atoms. The molecule has 0 heterocycles. The van der Waals surface area contributed by atoms with Gasteiger partial charge in [-0.25, -0.2) is 0 Å². The maximum Gasteiger partial charge on any atom is -0.0225 e. The summed E-state index contributed by atoms with van der Waals surface area (Å²) < 4.78 is 0. The maximum atomic E-state index is 3.82. The van der Waals surface area contributed by atoms with Crippen LogP contribution < -0.4 is 0 Å². The first-order valence-electron chi connectivity index (χ1n) is 7.51. The summed E-state index contributed by atoms with van der Waals surface area (Å²) in [6, 6.07) is 18.7. The molecule has 0 atom stereocenters. The van der Waals surface area contributed by atoms with E-state index in [1.54, 1.807) is 0 Å². The van der Waals surface area contributed by atoms with Crippen LogP contribution in [-0.4, -0.2) is 0 Å². The Hall–Kier alpha value is -2.60. The number of hydrogen-bond acceptors (Lipinski definition) is 0. The molecular weight excluding hydrogens is 264 g/mol. The summed E-state index contributed by atoms with van der Waals surface area (Å²) in [6.07, 6.45) is 10.4. The molecule has 0 aliphatic heterocycles. The van der Waals surface area contributed by atoms with Gasteiger partial charge in [0.1, 0.15) is 0 Å². The highest BCUT2D eigenvalue weighted by molar-refractivity contribution is 5.65. The standard InChI is InChI=1S/C22H22/c1-4-10-21(16-15-20-12-6-5-7-13-20)19(3)17-22-14-9-8-11-18(22)2/h4-17H,1H2,2-3H3/b16-15-,19-17+,21-10+. The highest BCUT2D eigenvalue weighted by Crippen LogP contribution is 2.19. The Morgan fingerprint density at radius 3 is 2.32 bits per heavy atom. The van der Waals surface area contributed by atoms with Crippen molar-refractivity contribution >= 4 is 12.2 Å². The van der Waals surface area contributed by atoms with Crippen molar-refractivity contribution in [2.24, 2.45) is 0 Å². The fourth-order valence-corrected chi connectivity index (χ4v) is 2.26. The minimum Gasteiger partial charge on any atom is -0.0990 e.